The molecule has 0 unspecified atom stereocenters. The average molecular weight is 343 g/mol. The van der Waals surface area contributed by atoms with Crippen molar-refractivity contribution in [2.24, 2.45) is 0 Å². The number of aromatic nitrogens is 4. The number of tetrazole rings is 1. The van der Waals surface area contributed by atoms with E-state index in [0.717, 1.165) is 6.07 Å². The first-order valence-corrected chi connectivity index (χ1v) is 7.19. The number of benzene rings is 2. The van der Waals surface area contributed by atoms with Crippen LogP contribution >= 0.6 is 0 Å². The maximum absolute atomic E-state index is 14.2. The first kappa shape index (κ1) is 16.4. The van der Waals surface area contributed by atoms with E-state index in [0.29, 0.717) is 11.4 Å². The highest BCUT2D eigenvalue weighted by atomic mass is 19.1. The van der Waals surface area contributed by atoms with E-state index in [1.807, 2.05) is 0 Å². The zero-order chi connectivity index (χ0) is 17.8. The van der Waals surface area contributed by atoms with E-state index in [1.54, 1.807) is 24.3 Å². The van der Waals surface area contributed by atoms with Crippen molar-refractivity contribution in [1.82, 2.24) is 20.2 Å². The lowest BCUT2D eigenvalue weighted by Crippen LogP contribution is -2.16. The summed E-state index contributed by atoms with van der Waals surface area (Å²) in [6.07, 6.45) is 1.36. The van der Waals surface area contributed by atoms with Gasteiger partial charge in [0.15, 0.2) is 17.3 Å². The molecule has 0 bridgehead atoms. The van der Waals surface area contributed by atoms with E-state index in [9.17, 15) is 9.18 Å². The molecule has 1 amide bonds. The Labute approximate surface area is 142 Å². The molecule has 0 radical (unpaired) electrons. The van der Waals surface area contributed by atoms with Gasteiger partial charge in [0.2, 0.25) is 0 Å². The van der Waals surface area contributed by atoms with Crippen LogP contribution in [0.3, 0.4) is 0 Å². The van der Waals surface area contributed by atoms with Crippen molar-refractivity contribution < 1.29 is 18.7 Å². The van der Waals surface area contributed by atoms with Gasteiger partial charge >= 0.3 is 0 Å². The van der Waals surface area contributed by atoms with Gasteiger partial charge in [-0.25, -0.2) is 4.39 Å². The number of amides is 1. The summed E-state index contributed by atoms with van der Waals surface area (Å²) < 4.78 is 25.7. The van der Waals surface area contributed by atoms with Gasteiger partial charge in [0.1, 0.15) is 6.33 Å². The largest absolute Gasteiger partial charge is 0.493 e. The summed E-state index contributed by atoms with van der Waals surface area (Å²) in [5.74, 6) is -0.636. The fourth-order valence-corrected chi connectivity index (χ4v) is 2.28. The van der Waals surface area contributed by atoms with Crippen molar-refractivity contribution in [3.05, 3.63) is 54.1 Å². The SMILES string of the molecule is COc1cc(F)c(NC(=O)c2ccccc2-n2cnnn2)cc1OC. The smallest absolute Gasteiger partial charge is 0.257 e. The first-order valence-electron chi connectivity index (χ1n) is 7.19. The van der Waals surface area contributed by atoms with Gasteiger partial charge in [-0.15, -0.1) is 5.10 Å². The van der Waals surface area contributed by atoms with Gasteiger partial charge in [-0.3, -0.25) is 4.79 Å². The first-order chi connectivity index (χ1) is 12.1. The minimum absolute atomic E-state index is 0.0332. The summed E-state index contributed by atoms with van der Waals surface area (Å²) in [6.45, 7) is 0. The number of rotatable bonds is 5. The minimum atomic E-state index is -0.647. The Morgan fingerprint density at radius 2 is 1.88 bits per heavy atom. The molecule has 128 valence electrons. The number of hydrogen-bond acceptors (Lipinski definition) is 6. The van der Waals surface area contributed by atoms with E-state index >= 15 is 0 Å². The molecule has 0 saturated carbocycles. The third kappa shape index (κ3) is 3.25. The topological polar surface area (TPSA) is 91.2 Å². The van der Waals surface area contributed by atoms with Crippen LogP contribution in [-0.4, -0.2) is 40.3 Å². The van der Waals surface area contributed by atoms with E-state index in [4.69, 9.17) is 9.47 Å². The minimum Gasteiger partial charge on any atom is -0.493 e. The molecule has 0 aliphatic heterocycles. The highest BCUT2D eigenvalue weighted by Crippen LogP contribution is 2.32. The number of ether oxygens (including phenoxy) is 2. The van der Waals surface area contributed by atoms with Crippen LogP contribution in [0.5, 0.6) is 11.5 Å². The van der Waals surface area contributed by atoms with E-state index in [2.05, 4.69) is 20.8 Å². The molecule has 0 spiro atoms. The van der Waals surface area contributed by atoms with Crippen LogP contribution in [0.25, 0.3) is 5.69 Å². The Morgan fingerprint density at radius 1 is 1.16 bits per heavy atom. The lowest BCUT2D eigenvalue weighted by Gasteiger charge is -2.13. The Balaban J connectivity index is 1.94. The molecule has 1 N–H and O–H groups in total. The number of carbonyl (C=O) groups is 1. The Bertz CT molecular complexity index is 899. The second-order valence-corrected chi connectivity index (χ2v) is 4.91. The summed E-state index contributed by atoms with van der Waals surface area (Å²) in [4.78, 5) is 12.6. The van der Waals surface area contributed by atoms with Gasteiger partial charge in [-0.1, -0.05) is 12.1 Å². The molecule has 1 heterocycles. The Hall–Kier alpha value is -3.49. The van der Waals surface area contributed by atoms with Crippen LogP contribution in [-0.2, 0) is 0 Å². The second-order valence-electron chi connectivity index (χ2n) is 4.91. The molecular weight excluding hydrogens is 329 g/mol. The van der Waals surface area contributed by atoms with Crippen LogP contribution in [0.2, 0.25) is 0 Å². The number of anilines is 1. The van der Waals surface area contributed by atoms with Gasteiger partial charge in [0, 0.05) is 12.1 Å². The number of carbonyl (C=O) groups excluding carboxylic acids is 1. The molecule has 8 nitrogen and oxygen atoms in total. The summed E-state index contributed by atoms with van der Waals surface area (Å²) in [5.41, 5.74) is 0.712. The van der Waals surface area contributed by atoms with E-state index in [-0.39, 0.29) is 17.0 Å². The molecule has 0 aliphatic rings. The number of hydrogen-bond donors (Lipinski definition) is 1. The Kier molecular flexibility index (Phi) is 4.55. The molecule has 0 fully saturated rings. The zero-order valence-corrected chi connectivity index (χ0v) is 13.4. The molecule has 9 heteroatoms. The van der Waals surface area contributed by atoms with Crippen molar-refractivity contribution in [2.75, 3.05) is 19.5 Å². The molecule has 3 rings (SSSR count). The molecule has 0 atom stereocenters. The second kappa shape index (κ2) is 6.95. The highest BCUT2D eigenvalue weighted by molar-refractivity contribution is 6.06. The standard InChI is InChI=1S/C16H14FN5O3/c1-24-14-7-11(17)12(8-15(14)25-2)19-16(23)10-5-3-4-6-13(10)22-9-18-20-21-22/h3-9H,1-2H3,(H,19,23). The molecule has 25 heavy (non-hydrogen) atoms. The molecular formula is C16H14FN5O3. The number of halogens is 1. The lowest BCUT2D eigenvalue weighted by molar-refractivity contribution is 0.102. The third-order valence-electron chi connectivity index (χ3n) is 3.47. The van der Waals surface area contributed by atoms with Crippen LogP contribution < -0.4 is 14.8 Å². The lowest BCUT2D eigenvalue weighted by atomic mass is 10.1. The predicted molar refractivity (Wildman–Crippen MR) is 86.6 cm³/mol. The van der Waals surface area contributed by atoms with Gasteiger partial charge in [-0.2, -0.15) is 4.68 Å². The summed E-state index contributed by atoms with van der Waals surface area (Å²) in [5, 5.41) is 13.4. The van der Waals surface area contributed by atoms with Crippen molar-refractivity contribution in [1.29, 1.82) is 0 Å². The van der Waals surface area contributed by atoms with Crippen molar-refractivity contribution >= 4 is 11.6 Å². The Morgan fingerprint density at radius 3 is 2.56 bits per heavy atom. The molecule has 0 saturated heterocycles. The zero-order valence-electron chi connectivity index (χ0n) is 13.4. The van der Waals surface area contributed by atoms with Crippen molar-refractivity contribution in [3.63, 3.8) is 0 Å². The van der Waals surface area contributed by atoms with Crippen molar-refractivity contribution in [3.8, 4) is 17.2 Å². The number of para-hydroxylation sites is 1. The van der Waals surface area contributed by atoms with Crippen LogP contribution in [0.15, 0.2) is 42.7 Å². The van der Waals surface area contributed by atoms with E-state index < -0.39 is 11.7 Å². The molecule has 1 aromatic heterocycles. The van der Waals surface area contributed by atoms with Gasteiger partial charge in [0.25, 0.3) is 5.91 Å². The summed E-state index contributed by atoms with van der Waals surface area (Å²) in [7, 11) is 2.83. The third-order valence-corrected chi connectivity index (χ3v) is 3.47. The molecule has 0 aliphatic carbocycles. The number of nitrogens with one attached hydrogen (secondary N) is 1. The van der Waals surface area contributed by atoms with E-state index in [1.165, 1.54) is 31.3 Å². The average Bonchev–Trinajstić information content (AvgIpc) is 3.17. The van der Waals surface area contributed by atoms with Crippen LogP contribution in [0, 0.1) is 5.82 Å². The van der Waals surface area contributed by atoms with Gasteiger partial charge in [0.05, 0.1) is 31.2 Å². The highest BCUT2D eigenvalue weighted by Gasteiger charge is 2.17. The summed E-state index contributed by atoms with van der Waals surface area (Å²) in [6, 6.07) is 9.19. The van der Waals surface area contributed by atoms with Gasteiger partial charge < -0.3 is 14.8 Å². The molecule has 2 aromatic carbocycles. The normalized spacial score (nSPS) is 10.4. The molecule has 3 aromatic rings. The quantitative estimate of drug-likeness (QED) is 0.763. The number of nitrogens with zero attached hydrogens (tertiary/aromatic N) is 4. The fraction of sp³-hybridized carbons (Fsp3) is 0.125. The monoisotopic (exact) mass is 343 g/mol. The van der Waals surface area contributed by atoms with Crippen LogP contribution in [0.1, 0.15) is 10.4 Å². The number of methoxy groups -OCH3 is 2. The van der Waals surface area contributed by atoms with Crippen molar-refractivity contribution in [2.45, 2.75) is 0 Å². The maximum Gasteiger partial charge on any atom is 0.257 e. The predicted octanol–water partition coefficient (Wildman–Crippen LogP) is 2.07. The summed E-state index contributed by atoms with van der Waals surface area (Å²) >= 11 is 0. The fourth-order valence-electron chi connectivity index (χ4n) is 2.28. The van der Waals surface area contributed by atoms with Crippen LogP contribution in [0.4, 0.5) is 10.1 Å². The van der Waals surface area contributed by atoms with Gasteiger partial charge in [-0.05, 0) is 22.6 Å². The maximum atomic E-state index is 14.2.